The number of ether oxygens (including phenoxy) is 1. The third kappa shape index (κ3) is 4.57. The molecule has 0 aliphatic rings. The first-order valence-corrected chi connectivity index (χ1v) is 6.40. The Morgan fingerprint density at radius 1 is 1.19 bits per heavy atom. The van der Waals surface area contributed by atoms with E-state index < -0.39 is 6.36 Å². The predicted octanol–water partition coefficient (Wildman–Crippen LogP) is 4.42. The smallest absolute Gasteiger partial charge is 0.406 e. The molecular formula is C13H8ClF3N2OS. The van der Waals surface area contributed by atoms with Gasteiger partial charge in [-0.1, -0.05) is 23.8 Å². The summed E-state index contributed by atoms with van der Waals surface area (Å²) in [6, 6.07) is 6.85. The van der Waals surface area contributed by atoms with Crippen LogP contribution in [0, 0.1) is 0 Å². The van der Waals surface area contributed by atoms with Gasteiger partial charge in [-0.25, -0.2) is 0 Å². The minimum absolute atomic E-state index is 0.305. The lowest BCUT2D eigenvalue weighted by Gasteiger charge is -2.11. The number of anilines is 1. The SMILES string of the molecule is FC(F)(F)Oc1ccc(NC(=S)c2ccncc2Cl)cc1. The summed E-state index contributed by atoms with van der Waals surface area (Å²) >= 11 is 11.1. The highest BCUT2D eigenvalue weighted by atomic mass is 35.5. The molecule has 110 valence electrons. The maximum atomic E-state index is 12.0. The number of nitrogens with zero attached hydrogens (tertiary/aromatic N) is 1. The van der Waals surface area contributed by atoms with Crippen LogP contribution in [0.4, 0.5) is 18.9 Å². The number of pyridine rings is 1. The lowest BCUT2D eigenvalue weighted by molar-refractivity contribution is -0.274. The molecule has 1 heterocycles. The van der Waals surface area contributed by atoms with Crippen molar-refractivity contribution in [1.29, 1.82) is 0 Å². The molecule has 1 aromatic heterocycles. The van der Waals surface area contributed by atoms with Crippen LogP contribution >= 0.6 is 23.8 Å². The second kappa shape index (κ2) is 6.28. The summed E-state index contributed by atoms with van der Waals surface area (Å²) in [6.45, 7) is 0. The summed E-state index contributed by atoms with van der Waals surface area (Å²) in [5, 5.41) is 3.25. The fourth-order valence-corrected chi connectivity index (χ4v) is 2.06. The van der Waals surface area contributed by atoms with Crippen LogP contribution in [0.1, 0.15) is 5.56 Å². The largest absolute Gasteiger partial charge is 0.573 e. The van der Waals surface area contributed by atoms with Gasteiger partial charge in [0.25, 0.3) is 0 Å². The van der Waals surface area contributed by atoms with E-state index in [0.29, 0.717) is 21.3 Å². The monoisotopic (exact) mass is 332 g/mol. The van der Waals surface area contributed by atoms with Crippen LogP contribution in [0.25, 0.3) is 0 Å². The van der Waals surface area contributed by atoms with Gasteiger partial charge < -0.3 is 10.1 Å². The van der Waals surface area contributed by atoms with Crippen molar-refractivity contribution in [3.8, 4) is 5.75 Å². The number of hydrogen-bond acceptors (Lipinski definition) is 3. The standard InChI is InChI=1S/C13H8ClF3N2OS/c14-11-7-18-6-5-10(11)12(21)19-8-1-3-9(4-2-8)20-13(15,16)17/h1-7H,(H,19,21). The summed E-state index contributed by atoms with van der Waals surface area (Å²) in [6.07, 6.45) is -1.73. The minimum atomic E-state index is -4.71. The zero-order valence-corrected chi connectivity index (χ0v) is 11.9. The molecule has 21 heavy (non-hydrogen) atoms. The second-order valence-electron chi connectivity index (χ2n) is 3.88. The summed E-state index contributed by atoms with van der Waals surface area (Å²) in [7, 11) is 0. The number of hydrogen-bond donors (Lipinski definition) is 1. The van der Waals surface area contributed by atoms with E-state index in [-0.39, 0.29) is 5.75 Å². The Bertz CT molecular complexity index is 647. The highest BCUT2D eigenvalue weighted by Gasteiger charge is 2.30. The van der Waals surface area contributed by atoms with Gasteiger partial charge in [0.2, 0.25) is 0 Å². The van der Waals surface area contributed by atoms with Crippen LogP contribution in [-0.2, 0) is 0 Å². The zero-order valence-electron chi connectivity index (χ0n) is 10.3. The van der Waals surface area contributed by atoms with E-state index in [1.807, 2.05) is 0 Å². The maximum absolute atomic E-state index is 12.0. The molecule has 0 aliphatic carbocycles. The van der Waals surface area contributed by atoms with Gasteiger partial charge in [-0.15, -0.1) is 13.2 Å². The zero-order chi connectivity index (χ0) is 15.5. The Labute approximate surface area is 128 Å². The first-order valence-electron chi connectivity index (χ1n) is 5.62. The molecule has 3 nitrogen and oxygen atoms in total. The molecule has 0 saturated heterocycles. The lowest BCUT2D eigenvalue weighted by atomic mass is 10.2. The van der Waals surface area contributed by atoms with E-state index in [0.717, 1.165) is 0 Å². The molecule has 0 unspecified atom stereocenters. The number of halogens is 4. The Hall–Kier alpha value is -1.86. The fraction of sp³-hybridized carbons (Fsp3) is 0.0769. The molecule has 0 fully saturated rings. The van der Waals surface area contributed by atoms with Crippen LogP contribution in [0.5, 0.6) is 5.75 Å². The quantitative estimate of drug-likeness (QED) is 0.844. The Morgan fingerprint density at radius 2 is 1.86 bits per heavy atom. The highest BCUT2D eigenvalue weighted by molar-refractivity contribution is 7.81. The summed E-state index contributed by atoms with van der Waals surface area (Å²) < 4.78 is 39.9. The van der Waals surface area contributed by atoms with E-state index in [2.05, 4.69) is 15.0 Å². The topological polar surface area (TPSA) is 34.1 Å². The van der Waals surface area contributed by atoms with Crippen LogP contribution in [-0.4, -0.2) is 16.3 Å². The van der Waals surface area contributed by atoms with Crippen molar-refractivity contribution in [2.24, 2.45) is 0 Å². The Kier molecular flexibility index (Phi) is 4.64. The molecule has 0 bridgehead atoms. The van der Waals surface area contributed by atoms with Crippen LogP contribution in [0.15, 0.2) is 42.7 Å². The highest BCUT2D eigenvalue weighted by Crippen LogP contribution is 2.24. The molecule has 0 aliphatic heterocycles. The van der Waals surface area contributed by atoms with Gasteiger partial charge >= 0.3 is 6.36 Å². The normalized spacial score (nSPS) is 11.0. The first-order chi connectivity index (χ1) is 9.85. The van der Waals surface area contributed by atoms with Gasteiger partial charge in [0.05, 0.1) is 5.02 Å². The van der Waals surface area contributed by atoms with E-state index >= 15 is 0 Å². The average molecular weight is 333 g/mol. The summed E-state index contributed by atoms with van der Waals surface area (Å²) in [4.78, 5) is 4.18. The van der Waals surface area contributed by atoms with Crippen molar-refractivity contribution in [3.63, 3.8) is 0 Å². The van der Waals surface area contributed by atoms with Gasteiger partial charge in [-0.05, 0) is 30.3 Å². The molecule has 1 N–H and O–H groups in total. The van der Waals surface area contributed by atoms with Gasteiger partial charge in [-0.2, -0.15) is 0 Å². The molecule has 2 aromatic rings. The van der Waals surface area contributed by atoms with E-state index in [9.17, 15) is 13.2 Å². The molecule has 2 rings (SSSR count). The van der Waals surface area contributed by atoms with Gasteiger partial charge in [0.1, 0.15) is 10.7 Å². The van der Waals surface area contributed by atoms with E-state index in [1.54, 1.807) is 6.07 Å². The Balaban J connectivity index is 2.07. The minimum Gasteiger partial charge on any atom is -0.406 e. The van der Waals surface area contributed by atoms with Crippen molar-refractivity contribution in [2.75, 3.05) is 5.32 Å². The number of nitrogens with one attached hydrogen (secondary N) is 1. The second-order valence-corrected chi connectivity index (χ2v) is 4.70. The molecule has 8 heteroatoms. The third-order valence-corrected chi connectivity index (χ3v) is 2.99. The maximum Gasteiger partial charge on any atom is 0.573 e. The lowest BCUT2D eigenvalue weighted by Crippen LogP contribution is -2.17. The fourth-order valence-electron chi connectivity index (χ4n) is 1.50. The van der Waals surface area contributed by atoms with E-state index in [1.165, 1.54) is 36.7 Å². The van der Waals surface area contributed by atoms with Crippen LogP contribution in [0.2, 0.25) is 5.02 Å². The number of thiocarbonyl (C=S) groups is 1. The van der Waals surface area contributed by atoms with Gasteiger partial charge in [0.15, 0.2) is 0 Å². The number of benzene rings is 1. The average Bonchev–Trinajstić information content (AvgIpc) is 2.40. The van der Waals surface area contributed by atoms with E-state index in [4.69, 9.17) is 23.8 Å². The number of rotatable bonds is 3. The van der Waals surface area contributed by atoms with Crippen molar-refractivity contribution in [2.45, 2.75) is 6.36 Å². The number of aromatic nitrogens is 1. The third-order valence-electron chi connectivity index (χ3n) is 2.36. The molecular weight excluding hydrogens is 325 g/mol. The van der Waals surface area contributed by atoms with Crippen molar-refractivity contribution < 1.29 is 17.9 Å². The molecule has 1 aromatic carbocycles. The van der Waals surface area contributed by atoms with Crippen molar-refractivity contribution in [1.82, 2.24) is 4.98 Å². The molecule has 0 spiro atoms. The molecule has 0 saturated carbocycles. The van der Waals surface area contributed by atoms with Crippen molar-refractivity contribution in [3.05, 3.63) is 53.3 Å². The van der Waals surface area contributed by atoms with Gasteiger partial charge in [0, 0.05) is 23.6 Å². The molecule has 0 radical (unpaired) electrons. The Morgan fingerprint density at radius 3 is 2.43 bits per heavy atom. The van der Waals surface area contributed by atoms with Crippen LogP contribution < -0.4 is 10.1 Å². The first kappa shape index (κ1) is 15.5. The number of alkyl halides is 3. The summed E-state index contributed by atoms with van der Waals surface area (Å²) in [5.74, 6) is -0.305. The molecule has 0 atom stereocenters. The van der Waals surface area contributed by atoms with Crippen LogP contribution in [0.3, 0.4) is 0 Å². The predicted molar refractivity (Wildman–Crippen MR) is 77.7 cm³/mol. The molecule has 0 amide bonds. The van der Waals surface area contributed by atoms with Crippen molar-refractivity contribution >= 4 is 34.5 Å². The summed E-state index contributed by atoms with van der Waals surface area (Å²) in [5.41, 5.74) is 1.10. The van der Waals surface area contributed by atoms with Gasteiger partial charge in [-0.3, -0.25) is 4.98 Å².